The molecule has 4 aromatic rings. The summed E-state index contributed by atoms with van der Waals surface area (Å²) in [5.74, 6) is -0.208. The zero-order chi connectivity index (χ0) is 23.4. The number of nitrogens with zero attached hydrogens (tertiary/aromatic N) is 3. The number of fused-ring (bicyclic) bond motifs is 1. The summed E-state index contributed by atoms with van der Waals surface area (Å²) >= 11 is 1.28. The number of pyridine rings is 1. The Morgan fingerprint density at radius 1 is 1.00 bits per heavy atom. The van der Waals surface area contributed by atoms with Crippen molar-refractivity contribution in [3.8, 4) is 11.5 Å². The fraction of sp³-hybridized carbons (Fsp3) is 0.174. The van der Waals surface area contributed by atoms with E-state index in [1.165, 1.54) is 35.5 Å². The Morgan fingerprint density at radius 2 is 1.79 bits per heavy atom. The maximum atomic E-state index is 13.3. The predicted molar refractivity (Wildman–Crippen MR) is 127 cm³/mol. The summed E-state index contributed by atoms with van der Waals surface area (Å²) in [6.07, 6.45) is 1.62. The van der Waals surface area contributed by atoms with Gasteiger partial charge in [0.25, 0.3) is 0 Å². The Balaban J connectivity index is 1.69. The van der Waals surface area contributed by atoms with Gasteiger partial charge in [0.05, 0.1) is 36.1 Å². The number of ether oxygens (including phenoxy) is 2. The number of aromatic nitrogens is 2. The standard InChI is InChI=1S/C23H21N3O5S2/c1-30-17-9-11-18(12-10-17)33(28,29)15-21(27)26(14-16-6-3-4-13-24-16)23-25-22-19(31-2)7-5-8-20(22)32-23/h3-13H,14-15H2,1-2H3. The molecule has 0 N–H and O–H groups in total. The van der Waals surface area contributed by atoms with Crippen molar-refractivity contribution in [2.45, 2.75) is 11.4 Å². The molecule has 2 heterocycles. The summed E-state index contributed by atoms with van der Waals surface area (Å²) in [4.78, 5) is 23.6. The van der Waals surface area contributed by atoms with Crippen LogP contribution in [0.15, 0.2) is 71.8 Å². The van der Waals surface area contributed by atoms with E-state index >= 15 is 0 Å². The maximum absolute atomic E-state index is 13.3. The molecule has 1 amide bonds. The summed E-state index contributed by atoms with van der Waals surface area (Å²) in [6, 6.07) is 16.8. The van der Waals surface area contributed by atoms with Crippen LogP contribution in [0, 0.1) is 0 Å². The van der Waals surface area contributed by atoms with Crippen LogP contribution in [0.1, 0.15) is 5.69 Å². The normalized spacial score (nSPS) is 11.3. The van der Waals surface area contributed by atoms with Gasteiger partial charge in [-0.15, -0.1) is 0 Å². The van der Waals surface area contributed by atoms with Gasteiger partial charge in [0.1, 0.15) is 22.8 Å². The molecule has 33 heavy (non-hydrogen) atoms. The van der Waals surface area contributed by atoms with Gasteiger partial charge in [-0.25, -0.2) is 13.4 Å². The van der Waals surface area contributed by atoms with E-state index in [1.807, 2.05) is 12.1 Å². The molecule has 8 nitrogen and oxygen atoms in total. The lowest BCUT2D eigenvalue weighted by Crippen LogP contribution is -2.35. The van der Waals surface area contributed by atoms with E-state index in [2.05, 4.69) is 9.97 Å². The lowest BCUT2D eigenvalue weighted by molar-refractivity contribution is -0.116. The van der Waals surface area contributed by atoms with Crippen LogP contribution in [0.3, 0.4) is 0 Å². The maximum Gasteiger partial charge on any atom is 0.244 e. The van der Waals surface area contributed by atoms with Gasteiger partial charge in [0.2, 0.25) is 5.91 Å². The summed E-state index contributed by atoms with van der Waals surface area (Å²) in [7, 11) is -0.844. The number of amides is 1. The van der Waals surface area contributed by atoms with Crippen LogP contribution in [-0.2, 0) is 21.2 Å². The number of hydrogen-bond acceptors (Lipinski definition) is 8. The minimum atomic E-state index is -3.89. The molecule has 0 unspecified atom stereocenters. The molecule has 0 fully saturated rings. The average molecular weight is 484 g/mol. The lowest BCUT2D eigenvalue weighted by Gasteiger charge is -2.19. The first kappa shape index (κ1) is 22.7. The number of sulfone groups is 1. The van der Waals surface area contributed by atoms with Gasteiger partial charge in [0.15, 0.2) is 15.0 Å². The molecule has 0 atom stereocenters. The lowest BCUT2D eigenvalue weighted by atomic mass is 10.3. The largest absolute Gasteiger partial charge is 0.497 e. The Morgan fingerprint density at radius 3 is 2.45 bits per heavy atom. The van der Waals surface area contributed by atoms with Gasteiger partial charge in [-0.3, -0.25) is 14.7 Å². The number of anilines is 1. The molecule has 10 heteroatoms. The van der Waals surface area contributed by atoms with Crippen molar-refractivity contribution in [1.29, 1.82) is 0 Å². The van der Waals surface area contributed by atoms with Gasteiger partial charge in [-0.05, 0) is 48.5 Å². The number of hydrogen-bond donors (Lipinski definition) is 0. The summed E-state index contributed by atoms with van der Waals surface area (Å²) in [5.41, 5.74) is 1.22. The second-order valence-corrected chi connectivity index (χ2v) is 10.0. The van der Waals surface area contributed by atoms with Crippen LogP contribution >= 0.6 is 11.3 Å². The molecule has 0 aliphatic heterocycles. The summed E-state index contributed by atoms with van der Waals surface area (Å²) in [6.45, 7) is 0.0833. The molecule has 2 aromatic carbocycles. The molecule has 0 saturated heterocycles. The predicted octanol–water partition coefficient (Wildman–Crippen LogP) is 3.72. The first-order valence-corrected chi connectivity index (χ1v) is 12.4. The van der Waals surface area contributed by atoms with E-state index < -0.39 is 21.5 Å². The van der Waals surface area contributed by atoms with Gasteiger partial charge < -0.3 is 9.47 Å². The van der Waals surface area contributed by atoms with E-state index in [0.29, 0.717) is 27.8 Å². The van der Waals surface area contributed by atoms with Crippen molar-refractivity contribution in [2.75, 3.05) is 24.9 Å². The minimum absolute atomic E-state index is 0.0420. The second kappa shape index (κ2) is 9.55. The van der Waals surface area contributed by atoms with Crippen molar-refractivity contribution in [3.63, 3.8) is 0 Å². The highest BCUT2D eigenvalue weighted by atomic mass is 32.2. The number of carbonyl (C=O) groups excluding carboxylic acids is 1. The number of para-hydroxylation sites is 1. The average Bonchev–Trinajstić information content (AvgIpc) is 3.27. The van der Waals surface area contributed by atoms with Crippen LogP contribution in [0.5, 0.6) is 11.5 Å². The van der Waals surface area contributed by atoms with Gasteiger partial charge in [-0.2, -0.15) is 0 Å². The fourth-order valence-electron chi connectivity index (χ4n) is 3.21. The molecule has 0 radical (unpaired) electrons. The molecule has 0 aliphatic carbocycles. The van der Waals surface area contributed by atoms with E-state index in [4.69, 9.17) is 9.47 Å². The number of thiazole rings is 1. The van der Waals surface area contributed by atoms with Crippen LogP contribution in [-0.4, -0.2) is 44.3 Å². The molecule has 0 aliphatic rings. The van der Waals surface area contributed by atoms with Crippen molar-refractivity contribution in [1.82, 2.24) is 9.97 Å². The third-order valence-corrected chi connectivity index (χ3v) is 7.56. The third kappa shape index (κ3) is 4.96. The number of methoxy groups -OCH3 is 2. The SMILES string of the molecule is COc1ccc(S(=O)(=O)CC(=O)N(Cc2ccccn2)c2nc3c(OC)cccc3s2)cc1. The summed E-state index contributed by atoms with van der Waals surface area (Å²) < 4.78 is 37.2. The zero-order valence-corrected chi connectivity index (χ0v) is 19.6. The zero-order valence-electron chi connectivity index (χ0n) is 18.0. The number of carbonyl (C=O) groups is 1. The molecular formula is C23H21N3O5S2. The molecule has 0 spiro atoms. The van der Waals surface area contributed by atoms with Crippen LogP contribution in [0.25, 0.3) is 10.2 Å². The Kier molecular flexibility index (Phi) is 6.57. The monoisotopic (exact) mass is 483 g/mol. The number of benzene rings is 2. The molecule has 2 aromatic heterocycles. The van der Waals surface area contributed by atoms with E-state index in [9.17, 15) is 13.2 Å². The van der Waals surface area contributed by atoms with Crippen LogP contribution in [0.2, 0.25) is 0 Å². The Hall–Kier alpha value is -3.50. The molecule has 170 valence electrons. The molecule has 4 rings (SSSR count). The van der Waals surface area contributed by atoms with Crippen molar-refractivity contribution in [2.24, 2.45) is 0 Å². The van der Waals surface area contributed by atoms with E-state index in [-0.39, 0.29) is 11.4 Å². The highest BCUT2D eigenvalue weighted by Crippen LogP contribution is 2.35. The fourth-order valence-corrected chi connectivity index (χ4v) is 5.41. The van der Waals surface area contributed by atoms with E-state index in [1.54, 1.807) is 49.7 Å². The first-order chi connectivity index (χ1) is 15.9. The molecular weight excluding hydrogens is 462 g/mol. The third-order valence-electron chi connectivity index (χ3n) is 4.90. The number of rotatable bonds is 8. The second-order valence-electron chi connectivity index (χ2n) is 7.04. The quantitative estimate of drug-likeness (QED) is 0.377. The van der Waals surface area contributed by atoms with Crippen molar-refractivity contribution >= 4 is 42.4 Å². The smallest absolute Gasteiger partial charge is 0.244 e. The Labute approximate surface area is 195 Å². The highest BCUT2D eigenvalue weighted by molar-refractivity contribution is 7.92. The topological polar surface area (TPSA) is 98.7 Å². The minimum Gasteiger partial charge on any atom is -0.497 e. The van der Waals surface area contributed by atoms with Gasteiger partial charge >= 0.3 is 0 Å². The van der Waals surface area contributed by atoms with Crippen molar-refractivity contribution < 1.29 is 22.7 Å². The van der Waals surface area contributed by atoms with E-state index in [0.717, 1.165) is 4.70 Å². The van der Waals surface area contributed by atoms with Gasteiger partial charge in [-0.1, -0.05) is 23.5 Å². The Bertz CT molecular complexity index is 1370. The van der Waals surface area contributed by atoms with Crippen molar-refractivity contribution in [3.05, 3.63) is 72.6 Å². The molecule has 0 saturated carbocycles. The summed E-state index contributed by atoms with van der Waals surface area (Å²) in [5, 5.41) is 0.370. The van der Waals surface area contributed by atoms with Crippen LogP contribution < -0.4 is 14.4 Å². The van der Waals surface area contributed by atoms with Gasteiger partial charge in [0, 0.05) is 6.20 Å². The highest BCUT2D eigenvalue weighted by Gasteiger charge is 2.27. The first-order valence-electron chi connectivity index (χ1n) is 9.92. The molecule has 0 bridgehead atoms. The van der Waals surface area contributed by atoms with Crippen LogP contribution in [0.4, 0.5) is 5.13 Å².